The van der Waals surface area contributed by atoms with E-state index in [-0.39, 0.29) is 6.10 Å². The third kappa shape index (κ3) is 4.26. The second-order valence-corrected chi connectivity index (χ2v) is 6.64. The molecule has 0 radical (unpaired) electrons. The minimum absolute atomic E-state index is 0.232. The summed E-state index contributed by atoms with van der Waals surface area (Å²) in [7, 11) is 0. The van der Waals surface area contributed by atoms with E-state index in [1.165, 1.54) is 29.5 Å². The maximum Gasteiger partial charge on any atom is 0.126 e. The van der Waals surface area contributed by atoms with Crippen LogP contribution in [0.2, 0.25) is 0 Å². The van der Waals surface area contributed by atoms with E-state index in [2.05, 4.69) is 60.6 Å². The molecule has 0 heterocycles. The lowest BCUT2D eigenvalue weighted by atomic mass is 9.87. The molecule has 1 heteroatoms. The van der Waals surface area contributed by atoms with E-state index in [9.17, 15) is 0 Å². The van der Waals surface area contributed by atoms with Gasteiger partial charge in [-0.25, -0.2) is 0 Å². The summed E-state index contributed by atoms with van der Waals surface area (Å²) < 4.78 is 6.23. The van der Waals surface area contributed by atoms with Gasteiger partial charge >= 0.3 is 0 Å². The Morgan fingerprint density at radius 2 is 1.60 bits per heavy atom. The van der Waals surface area contributed by atoms with Gasteiger partial charge in [0.05, 0.1) is 6.10 Å². The largest absolute Gasteiger partial charge is 0.490 e. The molecule has 1 nitrogen and oxygen atoms in total. The maximum atomic E-state index is 6.23. The van der Waals surface area contributed by atoms with Crippen molar-refractivity contribution in [2.45, 2.75) is 85.7 Å². The number of benzene rings is 1. The summed E-state index contributed by atoms with van der Waals surface area (Å²) in [5.74, 6) is 2.21. The fourth-order valence-corrected chi connectivity index (χ4v) is 2.70. The summed E-state index contributed by atoms with van der Waals surface area (Å²) in [6, 6.07) is 4.60. The van der Waals surface area contributed by atoms with Crippen molar-refractivity contribution < 1.29 is 4.74 Å². The van der Waals surface area contributed by atoms with Gasteiger partial charge < -0.3 is 4.74 Å². The van der Waals surface area contributed by atoms with Crippen molar-refractivity contribution in [2.75, 3.05) is 0 Å². The first-order valence-corrected chi connectivity index (χ1v) is 8.20. The highest BCUT2D eigenvalue weighted by molar-refractivity contribution is 5.49. The average Bonchev–Trinajstić information content (AvgIpc) is 2.35. The molecule has 0 spiro atoms. The van der Waals surface area contributed by atoms with E-state index in [0.717, 1.165) is 12.2 Å². The van der Waals surface area contributed by atoms with E-state index in [4.69, 9.17) is 4.74 Å². The topological polar surface area (TPSA) is 9.23 Å². The van der Waals surface area contributed by atoms with Crippen LogP contribution in [0.5, 0.6) is 5.75 Å². The van der Waals surface area contributed by atoms with Crippen molar-refractivity contribution >= 4 is 0 Å². The minimum atomic E-state index is 0.232. The summed E-state index contributed by atoms with van der Waals surface area (Å²) in [5.41, 5.74) is 4.24. The Balaban J connectivity index is 3.36. The molecule has 0 fully saturated rings. The van der Waals surface area contributed by atoms with Crippen LogP contribution in [0, 0.1) is 0 Å². The first-order chi connectivity index (χ1) is 9.38. The van der Waals surface area contributed by atoms with Gasteiger partial charge in [-0.05, 0) is 49.7 Å². The normalized spacial score (nSPS) is 11.7. The van der Waals surface area contributed by atoms with Crippen molar-refractivity contribution in [1.29, 1.82) is 0 Å². The van der Waals surface area contributed by atoms with Gasteiger partial charge in [0.1, 0.15) is 5.75 Å². The smallest absolute Gasteiger partial charge is 0.126 e. The van der Waals surface area contributed by atoms with Crippen LogP contribution in [0.25, 0.3) is 0 Å². The van der Waals surface area contributed by atoms with Gasteiger partial charge in [-0.15, -0.1) is 0 Å². The van der Waals surface area contributed by atoms with Crippen molar-refractivity contribution in [3.05, 3.63) is 28.8 Å². The van der Waals surface area contributed by atoms with Crippen LogP contribution in [-0.4, -0.2) is 6.10 Å². The SMILES string of the molecule is CCCCc1ccc(C(C)C)c(C(C)C)c1OC(C)C. The lowest BCUT2D eigenvalue weighted by Gasteiger charge is -2.24. The van der Waals surface area contributed by atoms with Gasteiger partial charge in [0.15, 0.2) is 0 Å². The minimum Gasteiger partial charge on any atom is -0.490 e. The second-order valence-electron chi connectivity index (χ2n) is 6.64. The van der Waals surface area contributed by atoms with E-state index >= 15 is 0 Å². The summed E-state index contributed by atoms with van der Waals surface area (Å²) >= 11 is 0. The Morgan fingerprint density at radius 1 is 0.950 bits per heavy atom. The monoisotopic (exact) mass is 276 g/mol. The molecule has 0 atom stereocenters. The van der Waals surface area contributed by atoms with E-state index in [1.54, 1.807) is 0 Å². The molecule has 0 saturated heterocycles. The molecule has 1 aromatic rings. The fraction of sp³-hybridized carbons (Fsp3) is 0.684. The number of hydrogen-bond donors (Lipinski definition) is 0. The molecule has 0 aromatic heterocycles. The number of rotatable bonds is 7. The summed E-state index contributed by atoms with van der Waals surface area (Å²) in [4.78, 5) is 0. The van der Waals surface area contributed by atoms with Gasteiger partial charge in [0.25, 0.3) is 0 Å². The Bertz CT molecular complexity index is 416. The molecule has 0 unspecified atom stereocenters. The number of hydrogen-bond acceptors (Lipinski definition) is 1. The fourth-order valence-electron chi connectivity index (χ4n) is 2.70. The van der Waals surface area contributed by atoms with Crippen LogP contribution in [0.15, 0.2) is 12.1 Å². The summed E-state index contributed by atoms with van der Waals surface area (Å²) in [5, 5.41) is 0. The van der Waals surface area contributed by atoms with Gasteiger partial charge in [0.2, 0.25) is 0 Å². The third-order valence-electron chi connectivity index (χ3n) is 3.66. The highest BCUT2D eigenvalue weighted by Crippen LogP contribution is 2.38. The van der Waals surface area contributed by atoms with Crippen molar-refractivity contribution in [3.8, 4) is 5.75 Å². The van der Waals surface area contributed by atoms with Crippen LogP contribution in [0.1, 0.15) is 89.8 Å². The number of unbranched alkanes of at least 4 members (excludes halogenated alkanes) is 1. The van der Waals surface area contributed by atoms with E-state index < -0.39 is 0 Å². The molecule has 114 valence electrons. The third-order valence-corrected chi connectivity index (χ3v) is 3.66. The van der Waals surface area contributed by atoms with Crippen LogP contribution < -0.4 is 4.74 Å². The van der Waals surface area contributed by atoms with E-state index in [0.29, 0.717) is 11.8 Å². The molecule has 0 saturated carbocycles. The van der Waals surface area contributed by atoms with Crippen LogP contribution >= 0.6 is 0 Å². The van der Waals surface area contributed by atoms with Gasteiger partial charge in [-0.2, -0.15) is 0 Å². The van der Waals surface area contributed by atoms with Crippen molar-refractivity contribution in [2.24, 2.45) is 0 Å². The molecule has 0 aliphatic heterocycles. The highest BCUT2D eigenvalue weighted by atomic mass is 16.5. The zero-order chi connectivity index (χ0) is 15.3. The Morgan fingerprint density at radius 3 is 2.05 bits per heavy atom. The molecule has 0 aliphatic carbocycles. The standard InChI is InChI=1S/C19H32O/c1-8-9-10-16-11-12-17(13(2)3)18(14(4)5)19(16)20-15(6)7/h11-15H,8-10H2,1-7H3. The van der Waals surface area contributed by atoms with Gasteiger partial charge in [-0.1, -0.05) is 53.2 Å². The number of aryl methyl sites for hydroxylation is 1. The predicted molar refractivity (Wildman–Crippen MR) is 89.0 cm³/mol. The van der Waals surface area contributed by atoms with Gasteiger partial charge in [-0.3, -0.25) is 0 Å². The second kappa shape index (κ2) is 7.71. The molecule has 0 N–H and O–H groups in total. The molecule has 0 aliphatic rings. The summed E-state index contributed by atoms with van der Waals surface area (Å²) in [6.07, 6.45) is 3.81. The quantitative estimate of drug-likeness (QED) is 0.588. The molecule has 1 rings (SSSR count). The lowest BCUT2D eigenvalue weighted by Crippen LogP contribution is -2.12. The molecule has 20 heavy (non-hydrogen) atoms. The van der Waals surface area contributed by atoms with Crippen LogP contribution in [0.4, 0.5) is 0 Å². The number of ether oxygens (including phenoxy) is 1. The van der Waals surface area contributed by atoms with Crippen LogP contribution in [-0.2, 0) is 6.42 Å². The zero-order valence-corrected chi connectivity index (χ0v) is 14.4. The van der Waals surface area contributed by atoms with Crippen molar-refractivity contribution in [1.82, 2.24) is 0 Å². The molecule has 0 bridgehead atoms. The molecular weight excluding hydrogens is 244 g/mol. The molecule has 0 amide bonds. The molecular formula is C19H32O. The van der Waals surface area contributed by atoms with Gasteiger partial charge in [0, 0.05) is 5.56 Å². The molecule has 1 aromatic carbocycles. The Hall–Kier alpha value is -0.980. The highest BCUT2D eigenvalue weighted by Gasteiger charge is 2.19. The average molecular weight is 276 g/mol. The maximum absolute atomic E-state index is 6.23. The first-order valence-electron chi connectivity index (χ1n) is 8.20. The predicted octanol–water partition coefficient (Wildman–Crippen LogP) is 6.06. The van der Waals surface area contributed by atoms with Crippen molar-refractivity contribution in [3.63, 3.8) is 0 Å². The van der Waals surface area contributed by atoms with Crippen LogP contribution in [0.3, 0.4) is 0 Å². The lowest BCUT2D eigenvalue weighted by molar-refractivity contribution is 0.236. The summed E-state index contributed by atoms with van der Waals surface area (Å²) in [6.45, 7) is 15.6. The Kier molecular flexibility index (Phi) is 6.58. The Labute approximate surface area is 125 Å². The zero-order valence-electron chi connectivity index (χ0n) is 14.4. The first kappa shape index (κ1) is 17.1. The van der Waals surface area contributed by atoms with E-state index in [1.807, 2.05) is 0 Å².